The van der Waals surface area contributed by atoms with Crippen LogP contribution in [0.3, 0.4) is 0 Å². The lowest BCUT2D eigenvalue weighted by molar-refractivity contribution is -0.116. The number of carbonyl (C=O) groups is 1. The molecular weight excluding hydrogens is 438 g/mol. The lowest BCUT2D eigenvalue weighted by Crippen LogP contribution is -2.39. The van der Waals surface area contributed by atoms with Crippen molar-refractivity contribution in [2.75, 3.05) is 50.0 Å². The summed E-state index contributed by atoms with van der Waals surface area (Å²) in [4.78, 5) is 23.6. The van der Waals surface area contributed by atoms with Crippen LogP contribution >= 0.6 is 23.1 Å². The number of anilines is 1. The summed E-state index contributed by atoms with van der Waals surface area (Å²) < 4.78 is 6.62. The third-order valence-electron chi connectivity index (χ3n) is 5.68. The number of hydrogen-bond donors (Lipinski definition) is 0. The molecule has 1 amide bonds. The number of thiazole rings is 1. The Labute approximate surface area is 198 Å². The number of amides is 1. The van der Waals surface area contributed by atoms with E-state index < -0.39 is 0 Å². The Morgan fingerprint density at radius 2 is 1.88 bits per heavy atom. The maximum atomic E-state index is 13.3. The Morgan fingerprint density at radius 1 is 1.12 bits per heavy atom. The maximum Gasteiger partial charge on any atom is 0.239 e. The van der Waals surface area contributed by atoms with Crippen molar-refractivity contribution in [2.24, 2.45) is 0 Å². The number of aromatic nitrogens is 1. The van der Waals surface area contributed by atoms with E-state index in [4.69, 9.17) is 9.72 Å². The fourth-order valence-corrected chi connectivity index (χ4v) is 5.78. The van der Waals surface area contributed by atoms with Gasteiger partial charge in [-0.05, 0) is 56.5 Å². The largest absolute Gasteiger partial charge is 0.379 e. The molecule has 2 heterocycles. The second-order valence-electron chi connectivity index (χ2n) is 8.38. The molecular formula is C25H31N3O2S2. The van der Waals surface area contributed by atoms with E-state index in [1.807, 2.05) is 4.90 Å². The molecule has 0 aliphatic carbocycles. The van der Waals surface area contributed by atoms with Crippen LogP contribution in [0.5, 0.6) is 0 Å². The van der Waals surface area contributed by atoms with Gasteiger partial charge in [0.05, 0.1) is 29.2 Å². The molecule has 3 aromatic rings. The van der Waals surface area contributed by atoms with Crippen molar-refractivity contribution < 1.29 is 9.53 Å². The number of carbonyl (C=O) groups excluding carboxylic acids is 1. The number of thioether (sulfide) groups is 1. The number of hydrogen-bond acceptors (Lipinski definition) is 6. The highest BCUT2D eigenvalue weighted by atomic mass is 32.2. The van der Waals surface area contributed by atoms with Gasteiger partial charge in [0.1, 0.15) is 0 Å². The number of fused-ring (bicyclic) bond motifs is 1. The van der Waals surface area contributed by atoms with E-state index >= 15 is 0 Å². The maximum absolute atomic E-state index is 13.3. The first kappa shape index (κ1) is 23.2. The average molecular weight is 470 g/mol. The van der Waals surface area contributed by atoms with Crippen LogP contribution in [0.4, 0.5) is 5.13 Å². The van der Waals surface area contributed by atoms with Gasteiger partial charge >= 0.3 is 0 Å². The lowest BCUT2D eigenvalue weighted by atomic mass is 10.1. The highest BCUT2D eigenvalue weighted by Gasteiger charge is 2.21. The first-order chi connectivity index (χ1) is 15.5. The van der Waals surface area contributed by atoms with Gasteiger partial charge in [0, 0.05) is 31.1 Å². The van der Waals surface area contributed by atoms with E-state index in [-0.39, 0.29) is 5.91 Å². The summed E-state index contributed by atoms with van der Waals surface area (Å²) in [6.07, 6.45) is 0.925. The molecule has 0 unspecified atom stereocenters. The van der Waals surface area contributed by atoms with Gasteiger partial charge in [-0.2, -0.15) is 0 Å². The fraction of sp³-hybridized carbons (Fsp3) is 0.440. The number of rotatable bonds is 8. The third kappa shape index (κ3) is 5.90. The molecule has 0 radical (unpaired) electrons. The zero-order valence-corrected chi connectivity index (χ0v) is 20.7. The molecule has 1 fully saturated rings. The summed E-state index contributed by atoms with van der Waals surface area (Å²) in [6.45, 7) is 11.5. The minimum atomic E-state index is 0.117. The smallest absolute Gasteiger partial charge is 0.239 e. The second-order valence-corrected chi connectivity index (χ2v) is 10.4. The van der Waals surface area contributed by atoms with Gasteiger partial charge in [0.2, 0.25) is 5.91 Å². The highest BCUT2D eigenvalue weighted by Crippen LogP contribution is 2.33. The molecule has 5 nitrogen and oxygen atoms in total. The molecule has 1 aliphatic rings. The molecule has 1 aromatic heterocycles. The van der Waals surface area contributed by atoms with Gasteiger partial charge < -0.3 is 4.74 Å². The van der Waals surface area contributed by atoms with Crippen molar-refractivity contribution in [2.45, 2.75) is 32.1 Å². The third-order valence-corrected chi connectivity index (χ3v) is 7.91. The Hall–Kier alpha value is -1.93. The van der Waals surface area contributed by atoms with Crippen molar-refractivity contribution in [1.29, 1.82) is 0 Å². The molecule has 2 aromatic carbocycles. The minimum absolute atomic E-state index is 0.117. The summed E-state index contributed by atoms with van der Waals surface area (Å²) in [6, 6.07) is 12.6. The molecule has 7 heteroatoms. The number of aryl methyl sites for hydroxylation is 3. The molecule has 170 valence electrons. The molecule has 32 heavy (non-hydrogen) atoms. The van der Waals surface area contributed by atoms with Crippen LogP contribution in [-0.4, -0.2) is 60.9 Å². The molecule has 0 atom stereocenters. The van der Waals surface area contributed by atoms with Crippen LogP contribution < -0.4 is 4.90 Å². The van der Waals surface area contributed by atoms with Gasteiger partial charge in [0.15, 0.2) is 5.13 Å². The minimum Gasteiger partial charge on any atom is -0.379 e. The molecule has 4 rings (SSSR count). The summed E-state index contributed by atoms with van der Waals surface area (Å²) in [5.41, 5.74) is 4.63. The van der Waals surface area contributed by atoms with Crippen LogP contribution in [0.15, 0.2) is 41.3 Å². The molecule has 0 bridgehead atoms. The predicted octanol–water partition coefficient (Wildman–Crippen LogP) is 5.07. The lowest BCUT2D eigenvalue weighted by Gasteiger charge is -2.27. The average Bonchev–Trinajstić information content (AvgIpc) is 3.21. The Balaban J connectivity index is 1.49. The van der Waals surface area contributed by atoms with Crippen molar-refractivity contribution in [3.8, 4) is 0 Å². The van der Waals surface area contributed by atoms with Crippen LogP contribution in [-0.2, 0) is 9.53 Å². The predicted molar refractivity (Wildman–Crippen MR) is 135 cm³/mol. The van der Waals surface area contributed by atoms with Crippen molar-refractivity contribution in [3.05, 3.63) is 53.1 Å². The van der Waals surface area contributed by atoms with Crippen molar-refractivity contribution in [1.82, 2.24) is 9.88 Å². The number of ether oxygens (including phenoxy) is 1. The van der Waals surface area contributed by atoms with Crippen molar-refractivity contribution >= 4 is 44.4 Å². The van der Waals surface area contributed by atoms with Crippen LogP contribution in [0, 0.1) is 20.8 Å². The van der Waals surface area contributed by atoms with E-state index in [9.17, 15) is 4.79 Å². The topological polar surface area (TPSA) is 45.7 Å². The number of nitrogens with zero attached hydrogens (tertiary/aromatic N) is 3. The van der Waals surface area contributed by atoms with E-state index in [1.165, 1.54) is 21.4 Å². The zero-order chi connectivity index (χ0) is 22.5. The van der Waals surface area contributed by atoms with E-state index in [2.05, 4.69) is 62.1 Å². The first-order valence-electron chi connectivity index (χ1n) is 11.2. The van der Waals surface area contributed by atoms with E-state index in [0.29, 0.717) is 12.3 Å². The number of benzene rings is 2. The molecule has 1 aliphatic heterocycles. The summed E-state index contributed by atoms with van der Waals surface area (Å²) >= 11 is 3.22. The zero-order valence-electron chi connectivity index (χ0n) is 19.1. The number of morpholine rings is 1. The van der Waals surface area contributed by atoms with Crippen molar-refractivity contribution in [3.63, 3.8) is 0 Å². The summed E-state index contributed by atoms with van der Waals surface area (Å²) in [7, 11) is 0. The second kappa shape index (κ2) is 10.8. The Morgan fingerprint density at radius 3 is 2.62 bits per heavy atom. The highest BCUT2D eigenvalue weighted by molar-refractivity contribution is 8.00. The normalized spacial score (nSPS) is 14.7. The molecule has 1 saturated heterocycles. The van der Waals surface area contributed by atoms with Gasteiger partial charge in [-0.1, -0.05) is 35.1 Å². The van der Waals surface area contributed by atoms with E-state index in [1.54, 1.807) is 23.1 Å². The van der Waals surface area contributed by atoms with Gasteiger partial charge in [-0.3, -0.25) is 14.6 Å². The van der Waals surface area contributed by atoms with Crippen LogP contribution in [0.1, 0.15) is 23.1 Å². The quantitative estimate of drug-likeness (QED) is 0.431. The summed E-state index contributed by atoms with van der Waals surface area (Å²) in [5.74, 6) is 0.528. The van der Waals surface area contributed by atoms with E-state index in [0.717, 1.165) is 54.8 Å². The summed E-state index contributed by atoms with van der Waals surface area (Å²) in [5, 5.41) is 0.810. The Kier molecular flexibility index (Phi) is 7.84. The van der Waals surface area contributed by atoms with Crippen LogP contribution in [0.25, 0.3) is 10.2 Å². The first-order valence-corrected chi connectivity index (χ1v) is 13.0. The molecule has 0 saturated carbocycles. The Bertz CT molecular complexity index is 1060. The van der Waals surface area contributed by atoms with Crippen LogP contribution in [0.2, 0.25) is 0 Å². The van der Waals surface area contributed by atoms with Gasteiger partial charge in [0.25, 0.3) is 0 Å². The SMILES string of the molecule is Cc1ccc(SCC(=O)N(CCCN2CCOCC2)c2nc3cc(C)cc(C)c3s2)cc1. The fourth-order valence-electron chi connectivity index (χ4n) is 3.94. The van der Waals surface area contributed by atoms with Gasteiger partial charge in [-0.15, -0.1) is 11.8 Å². The standard InChI is InChI=1S/C25H31N3O2S2/c1-18-5-7-21(8-6-18)31-17-23(29)28(10-4-9-27-11-13-30-14-12-27)25-26-22-16-19(2)15-20(3)24(22)32-25/h5-8,15-16H,4,9-14,17H2,1-3H3. The van der Waals surface area contributed by atoms with Gasteiger partial charge in [-0.25, -0.2) is 4.98 Å². The monoisotopic (exact) mass is 469 g/mol. The molecule has 0 spiro atoms. The molecule has 0 N–H and O–H groups in total.